The van der Waals surface area contributed by atoms with Crippen LogP contribution in [-0.2, 0) is 11.2 Å². The zero-order chi connectivity index (χ0) is 15.4. The zero-order valence-corrected chi connectivity index (χ0v) is 12.2. The van der Waals surface area contributed by atoms with Gasteiger partial charge in [-0.05, 0) is 30.7 Å². The Morgan fingerprint density at radius 3 is 2.57 bits per heavy atom. The lowest BCUT2D eigenvalue weighted by Gasteiger charge is -2.32. The van der Waals surface area contributed by atoms with Crippen LogP contribution < -0.4 is 11.5 Å². The number of carboxylic acid groups (broad SMARTS) is 1. The molecule has 1 aromatic heterocycles. The first-order chi connectivity index (χ1) is 9.86. The van der Waals surface area contributed by atoms with Crippen LogP contribution in [0, 0.1) is 11.3 Å². The molecule has 3 rings (SSSR count). The van der Waals surface area contributed by atoms with Crippen LogP contribution in [0.5, 0.6) is 0 Å². The van der Waals surface area contributed by atoms with E-state index in [2.05, 4.69) is 0 Å². The van der Waals surface area contributed by atoms with Crippen molar-refractivity contribution in [1.29, 1.82) is 0 Å². The molecule has 0 spiro atoms. The minimum Gasteiger partial charge on any atom is -0.478 e. The van der Waals surface area contributed by atoms with Crippen molar-refractivity contribution < 1.29 is 19.5 Å². The fraction of sp³-hybridized carbons (Fsp3) is 0.500. The SMILES string of the molecule is NC(=O)C1(CC2CC2)CCc2c(sc(N)c2C(=O)O)C1=O. The standard InChI is InChI=1S/C14H16N2O4S/c15-11-8(12(18)19)7-3-4-14(13(16)20,5-6-1-2-6)10(17)9(7)21-11/h6H,1-5,15H2,(H2,16,20)(H,18,19). The number of nitrogen functional groups attached to an aromatic ring is 1. The number of anilines is 1. The average molecular weight is 308 g/mol. The number of amides is 1. The number of primary amides is 1. The summed E-state index contributed by atoms with van der Waals surface area (Å²) in [6, 6.07) is 0. The van der Waals surface area contributed by atoms with Crippen LogP contribution >= 0.6 is 11.3 Å². The van der Waals surface area contributed by atoms with E-state index < -0.39 is 17.3 Å². The highest BCUT2D eigenvalue weighted by Crippen LogP contribution is 2.49. The second-order valence-electron chi connectivity index (χ2n) is 5.88. The van der Waals surface area contributed by atoms with E-state index in [4.69, 9.17) is 11.5 Å². The summed E-state index contributed by atoms with van der Waals surface area (Å²) in [5.74, 6) is -1.70. The molecule has 0 aromatic carbocycles. The summed E-state index contributed by atoms with van der Waals surface area (Å²) in [6.07, 6.45) is 3.14. The van der Waals surface area contributed by atoms with Crippen molar-refractivity contribution in [3.63, 3.8) is 0 Å². The maximum Gasteiger partial charge on any atom is 0.338 e. The summed E-state index contributed by atoms with van der Waals surface area (Å²) < 4.78 is 0. The Morgan fingerprint density at radius 1 is 1.38 bits per heavy atom. The van der Waals surface area contributed by atoms with Crippen LogP contribution in [-0.4, -0.2) is 22.8 Å². The van der Waals surface area contributed by atoms with Crippen molar-refractivity contribution in [2.24, 2.45) is 17.1 Å². The Balaban J connectivity index is 2.07. The predicted molar refractivity (Wildman–Crippen MR) is 77.3 cm³/mol. The molecule has 2 aliphatic carbocycles. The van der Waals surface area contributed by atoms with Gasteiger partial charge >= 0.3 is 5.97 Å². The summed E-state index contributed by atoms with van der Waals surface area (Å²) >= 11 is 0.960. The maximum atomic E-state index is 12.8. The Morgan fingerprint density at radius 2 is 2.05 bits per heavy atom. The molecule has 21 heavy (non-hydrogen) atoms. The van der Waals surface area contributed by atoms with Crippen LogP contribution in [0.25, 0.3) is 0 Å². The number of carbonyl (C=O) groups excluding carboxylic acids is 2. The molecular formula is C14H16N2O4S. The molecule has 1 amide bonds. The topological polar surface area (TPSA) is 123 Å². The van der Waals surface area contributed by atoms with Gasteiger partial charge in [-0.2, -0.15) is 0 Å². The van der Waals surface area contributed by atoms with Gasteiger partial charge in [0.25, 0.3) is 0 Å². The van der Waals surface area contributed by atoms with E-state index in [1.165, 1.54) is 0 Å². The van der Waals surface area contributed by atoms with Gasteiger partial charge in [0.15, 0.2) is 5.78 Å². The van der Waals surface area contributed by atoms with Crippen LogP contribution in [0.3, 0.4) is 0 Å². The lowest BCUT2D eigenvalue weighted by atomic mass is 9.69. The fourth-order valence-corrected chi connectivity index (χ4v) is 4.30. The lowest BCUT2D eigenvalue weighted by Crippen LogP contribution is -2.46. The number of rotatable bonds is 4. The quantitative estimate of drug-likeness (QED) is 0.726. The first kappa shape index (κ1) is 14.1. The first-order valence-electron chi connectivity index (χ1n) is 6.86. The van der Waals surface area contributed by atoms with Crippen molar-refractivity contribution in [3.05, 3.63) is 16.0 Å². The monoisotopic (exact) mass is 308 g/mol. The van der Waals surface area contributed by atoms with Crippen molar-refractivity contribution in [2.75, 3.05) is 5.73 Å². The van der Waals surface area contributed by atoms with Crippen molar-refractivity contribution in [2.45, 2.75) is 32.1 Å². The number of fused-ring (bicyclic) bond motifs is 1. The second kappa shape index (κ2) is 4.56. The number of nitrogens with two attached hydrogens (primary N) is 2. The third-order valence-electron chi connectivity index (χ3n) is 4.50. The number of hydrogen-bond acceptors (Lipinski definition) is 5. The third kappa shape index (κ3) is 2.03. The second-order valence-corrected chi connectivity index (χ2v) is 6.93. The van der Waals surface area contributed by atoms with Gasteiger partial charge < -0.3 is 16.6 Å². The molecule has 1 atom stereocenters. The van der Waals surface area contributed by atoms with Gasteiger partial charge in [-0.3, -0.25) is 9.59 Å². The molecular weight excluding hydrogens is 292 g/mol. The van der Waals surface area contributed by atoms with Gasteiger partial charge in [-0.25, -0.2) is 4.79 Å². The fourth-order valence-electron chi connectivity index (χ4n) is 3.16. The molecule has 6 nitrogen and oxygen atoms in total. The van der Waals surface area contributed by atoms with Crippen LogP contribution in [0.2, 0.25) is 0 Å². The number of carboxylic acids is 1. The Labute approximate surface area is 125 Å². The van der Waals surface area contributed by atoms with E-state index in [0.717, 1.165) is 24.2 Å². The van der Waals surface area contributed by atoms with Gasteiger partial charge in [0.1, 0.15) is 10.4 Å². The summed E-state index contributed by atoms with van der Waals surface area (Å²) in [5, 5.41) is 9.33. The number of carbonyl (C=O) groups is 3. The lowest BCUT2D eigenvalue weighted by molar-refractivity contribution is -0.126. The molecule has 1 unspecified atom stereocenters. The van der Waals surface area contributed by atoms with Gasteiger partial charge in [0, 0.05) is 0 Å². The van der Waals surface area contributed by atoms with E-state index in [-0.39, 0.29) is 22.8 Å². The first-order valence-corrected chi connectivity index (χ1v) is 7.67. The van der Waals surface area contributed by atoms with E-state index in [1.807, 2.05) is 0 Å². The largest absolute Gasteiger partial charge is 0.478 e. The van der Waals surface area contributed by atoms with Crippen molar-refractivity contribution >= 4 is 34.0 Å². The Kier molecular flexibility index (Phi) is 3.05. The highest BCUT2D eigenvalue weighted by atomic mass is 32.1. The molecule has 1 saturated carbocycles. The minimum atomic E-state index is -1.18. The van der Waals surface area contributed by atoms with Crippen molar-refractivity contribution in [3.8, 4) is 0 Å². The zero-order valence-electron chi connectivity index (χ0n) is 11.3. The van der Waals surface area contributed by atoms with Gasteiger partial charge in [0.05, 0.1) is 10.4 Å². The summed E-state index contributed by atoms with van der Waals surface area (Å²) in [6.45, 7) is 0. The molecule has 0 aliphatic heterocycles. The van der Waals surface area contributed by atoms with Crippen LogP contribution in [0.4, 0.5) is 5.00 Å². The molecule has 1 fully saturated rings. The Bertz CT molecular complexity index is 662. The average Bonchev–Trinajstić information content (AvgIpc) is 3.13. The number of hydrogen-bond donors (Lipinski definition) is 3. The van der Waals surface area contributed by atoms with Gasteiger partial charge in [0.2, 0.25) is 5.91 Å². The molecule has 1 aromatic rings. The number of ketones is 1. The van der Waals surface area contributed by atoms with Crippen molar-refractivity contribution in [1.82, 2.24) is 0 Å². The predicted octanol–water partition coefficient (Wildman–Crippen LogP) is 1.43. The Hall–Kier alpha value is -1.89. The number of aromatic carboxylic acids is 1. The van der Waals surface area contributed by atoms with E-state index in [9.17, 15) is 19.5 Å². The third-order valence-corrected chi connectivity index (χ3v) is 5.56. The van der Waals surface area contributed by atoms with Gasteiger partial charge in [-0.15, -0.1) is 11.3 Å². The molecule has 0 bridgehead atoms. The van der Waals surface area contributed by atoms with Crippen LogP contribution in [0.1, 0.15) is 51.3 Å². The van der Waals surface area contributed by atoms with E-state index in [1.54, 1.807) is 0 Å². The molecule has 0 radical (unpaired) electrons. The highest BCUT2D eigenvalue weighted by molar-refractivity contribution is 7.18. The number of thiophene rings is 1. The molecule has 7 heteroatoms. The minimum absolute atomic E-state index is 0.00726. The van der Waals surface area contributed by atoms with Crippen LogP contribution in [0.15, 0.2) is 0 Å². The number of Topliss-reactive ketones (excluding diaryl/α,β-unsaturated/α-hetero) is 1. The molecule has 0 saturated heterocycles. The van der Waals surface area contributed by atoms with Gasteiger partial charge in [-0.1, -0.05) is 12.8 Å². The highest BCUT2D eigenvalue weighted by Gasteiger charge is 2.51. The summed E-state index contributed by atoms with van der Waals surface area (Å²) in [4.78, 5) is 36.3. The maximum absolute atomic E-state index is 12.8. The summed E-state index contributed by atoms with van der Waals surface area (Å²) in [5.41, 5.74) is 10.5. The smallest absolute Gasteiger partial charge is 0.338 e. The molecule has 2 aliphatic rings. The van der Waals surface area contributed by atoms with E-state index >= 15 is 0 Å². The normalized spacial score (nSPS) is 24.7. The van der Waals surface area contributed by atoms with E-state index in [0.29, 0.717) is 29.2 Å². The molecule has 1 heterocycles. The molecule has 112 valence electrons. The molecule has 5 N–H and O–H groups in total. The summed E-state index contributed by atoms with van der Waals surface area (Å²) in [7, 11) is 0.